The zero-order valence-corrected chi connectivity index (χ0v) is 17.6. The molecule has 1 saturated carbocycles. The Bertz CT molecular complexity index is 948. The van der Waals surface area contributed by atoms with Gasteiger partial charge in [-0.25, -0.2) is 0 Å². The van der Waals surface area contributed by atoms with E-state index in [9.17, 15) is 14.4 Å². The van der Waals surface area contributed by atoms with E-state index in [-0.39, 0.29) is 30.1 Å². The monoisotopic (exact) mass is 420 g/mol. The molecule has 0 radical (unpaired) electrons. The third-order valence-electron chi connectivity index (χ3n) is 5.93. The van der Waals surface area contributed by atoms with Crippen LogP contribution in [0.5, 0.6) is 5.75 Å². The van der Waals surface area contributed by atoms with E-state index in [1.54, 1.807) is 0 Å². The van der Waals surface area contributed by atoms with Gasteiger partial charge in [0.25, 0.3) is 0 Å². The zero-order chi connectivity index (χ0) is 21.6. The predicted octanol–water partition coefficient (Wildman–Crippen LogP) is 3.78. The van der Waals surface area contributed by atoms with Crippen molar-refractivity contribution in [2.45, 2.75) is 57.5 Å². The lowest BCUT2D eigenvalue weighted by Crippen LogP contribution is -2.22. The summed E-state index contributed by atoms with van der Waals surface area (Å²) in [5.74, 6) is 0.115. The second kappa shape index (κ2) is 9.77. The molecule has 1 atom stereocenters. The Morgan fingerprint density at radius 3 is 2.52 bits per heavy atom. The van der Waals surface area contributed by atoms with Gasteiger partial charge in [-0.2, -0.15) is 0 Å². The Labute approximate surface area is 182 Å². The fraction of sp³-hybridized carbons (Fsp3) is 0.400. The van der Waals surface area contributed by atoms with Crippen LogP contribution < -0.4 is 15.4 Å². The van der Waals surface area contributed by atoms with Crippen LogP contribution in [-0.4, -0.2) is 23.8 Å². The molecule has 2 aliphatic rings. The molecule has 4 rings (SSSR count). The maximum Gasteiger partial charge on any atom is 0.230 e. The fourth-order valence-electron chi connectivity index (χ4n) is 4.23. The summed E-state index contributed by atoms with van der Waals surface area (Å²) in [6.07, 6.45) is 6.84. The molecule has 2 aromatic rings. The molecule has 2 aromatic carbocycles. The van der Waals surface area contributed by atoms with Crippen molar-refractivity contribution in [3.05, 3.63) is 59.7 Å². The molecular formula is C25H28N2O4. The first-order valence-corrected chi connectivity index (χ1v) is 11.0. The average Bonchev–Trinajstić information content (AvgIpc) is 3.37. The Hall–Kier alpha value is -3.15. The van der Waals surface area contributed by atoms with E-state index in [4.69, 9.17) is 4.74 Å². The second-order valence-corrected chi connectivity index (χ2v) is 8.43. The fourth-order valence-corrected chi connectivity index (χ4v) is 4.23. The molecule has 3 amide bonds. The molecule has 1 aliphatic heterocycles. The minimum absolute atomic E-state index is 0.0457. The van der Waals surface area contributed by atoms with Crippen molar-refractivity contribution < 1.29 is 19.1 Å². The number of amides is 3. The second-order valence-electron chi connectivity index (χ2n) is 8.43. The SMILES string of the molecule is O=C1CC(Cc2ccc(NC(=O)CCc3cccc(OC4CCCC4)c3)cc2)C(=O)N1. The number of imide groups is 1. The Morgan fingerprint density at radius 1 is 1.03 bits per heavy atom. The smallest absolute Gasteiger partial charge is 0.230 e. The molecule has 1 heterocycles. The zero-order valence-electron chi connectivity index (χ0n) is 17.6. The molecule has 6 nitrogen and oxygen atoms in total. The van der Waals surface area contributed by atoms with E-state index in [1.807, 2.05) is 48.5 Å². The highest BCUT2D eigenvalue weighted by atomic mass is 16.5. The molecule has 0 bridgehead atoms. The number of benzene rings is 2. The lowest BCUT2D eigenvalue weighted by molar-refractivity contribution is -0.125. The molecular weight excluding hydrogens is 392 g/mol. The molecule has 1 saturated heterocycles. The highest BCUT2D eigenvalue weighted by Crippen LogP contribution is 2.25. The number of rotatable bonds is 8. The van der Waals surface area contributed by atoms with E-state index >= 15 is 0 Å². The molecule has 2 fully saturated rings. The van der Waals surface area contributed by atoms with Gasteiger partial charge in [-0.1, -0.05) is 24.3 Å². The maximum absolute atomic E-state index is 12.4. The largest absolute Gasteiger partial charge is 0.490 e. The van der Waals surface area contributed by atoms with Crippen LogP contribution in [0, 0.1) is 5.92 Å². The van der Waals surface area contributed by atoms with E-state index in [0.29, 0.717) is 25.4 Å². The van der Waals surface area contributed by atoms with Crippen LogP contribution in [0.25, 0.3) is 0 Å². The van der Waals surface area contributed by atoms with Crippen LogP contribution in [0.1, 0.15) is 49.7 Å². The van der Waals surface area contributed by atoms with E-state index < -0.39 is 0 Å². The van der Waals surface area contributed by atoms with Crippen molar-refractivity contribution in [1.82, 2.24) is 5.32 Å². The summed E-state index contributed by atoms with van der Waals surface area (Å²) in [4.78, 5) is 35.4. The Kier molecular flexibility index (Phi) is 6.65. The molecule has 162 valence electrons. The standard InChI is InChI=1S/C25H28N2O4/c28-23(13-10-17-4-3-7-22(15-17)31-21-5-1-2-6-21)26-20-11-8-18(9-12-20)14-19-16-24(29)27-25(19)30/h3-4,7-9,11-12,15,19,21H,1-2,5-6,10,13-14,16H2,(H,26,28)(H,27,29,30). The van der Waals surface area contributed by atoms with Crippen LogP contribution in [0.4, 0.5) is 5.69 Å². The Balaban J connectivity index is 1.24. The van der Waals surface area contributed by atoms with E-state index in [0.717, 1.165) is 35.4 Å². The average molecular weight is 421 g/mol. The van der Waals surface area contributed by atoms with Gasteiger partial charge in [-0.3, -0.25) is 19.7 Å². The van der Waals surface area contributed by atoms with Gasteiger partial charge in [0.1, 0.15) is 5.75 Å². The topological polar surface area (TPSA) is 84.5 Å². The van der Waals surface area contributed by atoms with Crippen molar-refractivity contribution in [2.75, 3.05) is 5.32 Å². The number of hydrogen-bond donors (Lipinski definition) is 2. The van der Waals surface area contributed by atoms with Gasteiger partial charge in [-0.05, 0) is 73.9 Å². The number of aryl methyl sites for hydroxylation is 1. The van der Waals surface area contributed by atoms with Crippen LogP contribution >= 0.6 is 0 Å². The number of ether oxygens (including phenoxy) is 1. The summed E-state index contributed by atoms with van der Waals surface area (Å²) in [5, 5.41) is 5.25. The quantitative estimate of drug-likeness (QED) is 0.637. The minimum Gasteiger partial charge on any atom is -0.490 e. The van der Waals surface area contributed by atoms with Crippen LogP contribution in [-0.2, 0) is 27.2 Å². The van der Waals surface area contributed by atoms with Crippen molar-refractivity contribution in [3.8, 4) is 5.75 Å². The van der Waals surface area contributed by atoms with Crippen LogP contribution in [0.15, 0.2) is 48.5 Å². The lowest BCUT2D eigenvalue weighted by atomic mass is 9.98. The predicted molar refractivity (Wildman–Crippen MR) is 118 cm³/mol. The third kappa shape index (κ3) is 5.94. The van der Waals surface area contributed by atoms with Gasteiger partial charge in [0.2, 0.25) is 17.7 Å². The van der Waals surface area contributed by atoms with Crippen molar-refractivity contribution >= 4 is 23.4 Å². The van der Waals surface area contributed by atoms with Gasteiger partial charge in [-0.15, -0.1) is 0 Å². The molecule has 2 N–H and O–H groups in total. The van der Waals surface area contributed by atoms with E-state index in [2.05, 4.69) is 10.6 Å². The highest BCUT2D eigenvalue weighted by molar-refractivity contribution is 6.03. The highest BCUT2D eigenvalue weighted by Gasteiger charge is 2.30. The summed E-state index contributed by atoms with van der Waals surface area (Å²) in [6, 6.07) is 15.4. The van der Waals surface area contributed by atoms with Gasteiger partial charge < -0.3 is 10.1 Å². The summed E-state index contributed by atoms with van der Waals surface area (Å²) in [5.41, 5.74) is 2.77. The van der Waals surface area contributed by atoms with Crippen LogP contribution in [0.3, 0.4) is 0 Å². The number of anilines is 1. The molecule has 0 aromatic heterocycles. The third-order valence-corrected chi connectivity index (χ3v) is 5.93. The van der Waals surface area contributed by atoms with Gasteiger partial charge in [0.15, 0.2) is 0 Å². The number of carbonyl (C=O) groups is 3. The van der Waals surface area contributed by atoms with Gasteiger partial charge in [0.05, 0.1) is 12.0 Å². The first kappa shape index (κ1) is 21.1. The first-order valence-electron chi connectivity index (χ1n) is 11.0. The van der Waals surface area contributed by atoms with Crippen LogP contribution in [0.2, 0.25) is 0 Å². The maximum atomic E-state index is 12.4. The number of nitrogens with one attached hydrogen (secondary N) is 2. The molecule has 1 unspecified atom stereocenters. The molecule has 6 heteroatoms. The van der Waals surface area contributed by atoms with Crippen molar-refractivity contribution in [1.29, 1.82) is 0 Å². The summed E-state index contributed by atoms with van der Waals surface area (Å²) in [6.45, 7) is 0. The number of hydrogen-bond acceptors (Lipinski definition) is 4. The summed E-state index contributed by atoms with van der Waals surface area (Å²) >= 11 is 0. The van der Waals surface area contributed by atoms with Crippen molar-refractivity contribution in [3.63, 3.8) is 0 Å². The number of carbonyl (C=O) groups excluding carboxylic acids is 3. The minimum atomic E-state index is -0.304. The first-order chi connectivity index (χ1) is 15.0. The summed E-state index contributed by atoms with van der Waals surface area (Å²) in [7, 11) is 0. The van der Waals surface area contributed by atoms with E-state index in [1.165, 1.54) is 12.8 Å². The van der Waals surface area contributed by atoms with Gasteiger partial charge >= 0.3 is 0 Å². The summed E-state index contributed by atoms with van der Waals surface area (Å²) < 4.78 is 6.05. The molecule has 0 spiro atoms. The van der Waals surface area contributed by atoms with Gasteiger partial charge in [0, 0.05) is 18.5 Å². The normalized spacial score (nSPS) is 18.8. The molecule has 31 heavy (non-hydrogen) atoms. The van der Waals surface area contributed by atoms with Crippen molar-refractivity contribution in [2.24, 2.45) is 5.92 Å². The molecule has 1 aliphatic carbocycles. The Morgan fingerprint density at radius 2 is 1.81 bits per heavy atom. The lowest BCUT2D eigenvalue weighted by Gasteiger charge is -2.14.